The molecule has 0 rings (SSSR count). The Kier molecular flexibility index (Phi) is 8.19. The van der Waals surface area contributed by atoms with E-state index in [2.05, 4.69) is 5.32 Å². The lowest BCUT2D eigenvalue weighted by Crippen LogP contribution is -2.46. The van der Waals surface area contributed by atoms with Crippen LogP contribution in [0, 0.1) is 0 Å². The highest BCUT2D eigenvalue weighted by atomic mass is 32.2. The summed E-state index contributed by atoms with van der Waals surface area (Å²) in [6.45, 7) is 2.21. The van der Waals surface area contributed by atoms with E-state index in [0.717, 1.165) is 24.1 Å². The van der Waals surface area contributed by atoms with Crippen molar-refractivity contribution in [3.05, 3.63) is 0 Å². The first-order valence-corrected chi connectivity index (χ1v) is 7.98. The van der Waals surface area contributed by atoms with Gasteiger partial charge < -0.3 is 10.2 Å². The number of hydrogen-bond donors (Lipinski definition) is 2. The zero-order chi connectivity index (χ0) is 16.7. The Hall–Kier alpha value is -0.870. The number of alkyl halides is 3. The SMILES string of the molecule is CCCC(CCN(C)C)NCC(=O)NS(=O)(=O)C(F)(F)F. The smallest absolute Gasteiger partial charge is 0.309 e. The molecule has 0 aliphatic heterocycles. The molecule has 0 aromatic rings. The Morgan fingerprint density at radius 2 is 1.81 bits per heavy atom. The van der Waals surface area contributed by atoms with Crippen LogP contribution >= 0.6 is 0 Å². The molecule has 0 saturated heterocycles. The second kappa shape index (κ2) is 8.54. The molecule has 126 valence electrons. The van der Waals surface area contributed by atoms with Crippen molar-refractivity contribution in [2.24, 2.45) is 0 Å². The van der Waals surface area contributed by atoms with Crippen molar-refractivity contribution in [1.29, 1.82) is 0 Å². The Bertz CT molecular complexity index is 424. The van der Waals surface area contributed by atoms with Crippen molar-refractivity contribution in [2.45, 2.75) is 37.7 Å². The Morgan fingerprint density at radius 3 is 2.24 bits per heavy atom. The van der Waals surface area contributed by atoms with Crippen molar-refractivity contribution in [1.82, 2.24) is 14.9 Å². The van der Waals surface area contributed by atoms with Gasteiger partial charge in [0.1, 0.15) is 0 Å². The minimum Gasteiger partial charge on any atom is -0.309 e. The summed E-state index contributed by atoms with van der Waals surface area (Å²) in [5.41, 5.74) is -5.49. The van der Waals surface area contributed by atoms with E-state index in [9.17, 15) is 26.4 Å². The quantitative estimate of drug-likeness (QED) is 0.648. The maximum Gasteiger partial charge on any atom is 0.516 e. The molecule has 0 fully saturated rings. The predicted octanol–water partition coefficient (Wildman–Crippen LogP) is 0.662. The topological polar surface area (TPSA) is 78.5 Å². The van der Waals surface area contributed by atoms with Gasteiger partial charge in [0, 0.05) is 6.04 Å². The lowest BCUT2D eigenvalue weighted by atomic mass is 10.1. The second-order valence-electron chi connectivity index (χ2n) is 4.93. The molecule has 0 saturated carbocycles. The van der Waals surface area contributed by atoms with Gasteiger partial charge in [0.15, 0.2) is 0 Å². The molecular formula is C11H22F3N3O3S. The van der Waals surface area contributed by atoms with E-state index in [-0.39, 0.29) is 6.04 Å². The molecule has 2 N–H and O–H groups in total. The molecule has 1 unspecified atom stereocenters. The molecule has 6 nitrogen and oxygen atoms in total. The highest BCUT2D eigenvalue weighted by molar-refractivity contribution is 7.90. The molecule has 0 aromatic heterocycles. The van der Waals surface area contributed by atoms with Crippen LogP contribution in [0.4, 0.5) is 13.2 Å². The van der Waals surface area contributed by atoms with Crippen LogP contribution in [-0.2, 0) is 14.8 Å². The lowest BCUT2D eigenvalue weighted by Gasteiger charge is -2.20. The molecule has 1 amide bonds. The number of rotatable bonds is 9. The number of carbonyl (C=O) groups is 1. The standard InChI is InChI=1S/C11H22F3N3O3S/c1-4-5-9(6-7-17(2)3)15-8-10(18)16-21(19,20)11(12,13)14/h9,15H,4-8H2,1-3H3,(H,16,18). The number of sulfonamides is 1. The van der Waals surface area contributed by atoms with Crippen molar-refractivity contribution in [2.75, 3.05) is 27.2 Å². The zero-order valence-electron chi connectivity index (χ0n) is 12.3. The van der Waals surface area contributed by atoms with Gasteiger partial charge >= 0.3 is 15.5 Å². The first-order chi connectivity index (χ1) is 9.49. The molecular weight excluding hydrogens is 311 g/mol. The van der Waals surface area contributed by atoms with E-state index in [1.165, 1.54) is 0 Å². The summed E-state index contributed by atoms with van der Waals surface area (Å²) in [7, 11) is -1.87. The Morgan fingerprint density at radius 1 is 1.24 bits per heavy atom. The third-order valence-electron chi connectivity index (χ3n) is 2.67. The zero-order valence-corrected chi connectivity index (χ0v) is 13.1. The minimum atomic E-state index is -5.63. The van der Waals surface area contributed by atoms with E-state index < -0.39 is 28.0 Å². The Labute approximate surface area is 123 Å². The summed E-state index contributed by atoms with van der Waals surface area (Å²) in [6.07, 6.45) is 2.29. The molecule has 0 spiro atoms. The van der Waals surface area contributed by atoms with E-state index in [1.807, 2.05) is 25.9 Å². The molecule has 21 heavy (non-hydrogen) atoms. The van der Waals surface area contributed by atoms with E-state index in [4.69, 9.17) is 0 Å². The van der Waals surface area contributed by atoms with Crippen LogP contribution < -0.4 is 10.0 Å². The van der Waals surface area contributed by atoms with Gasteiger partial charge in [-0.25, -0.2) is 4.72 Å². The van der Waals surface area contributed by atoms with Crippen LogP contribution in [0.1, 0.15) is 26.2 Å². The van der Waals surface area contributed by atoms with Gasteiger partial charge in [0.2, 0.25) is 5.91 Å². The normalized spacial score (nSPS) is 14.2. The summed E-state index contributed by atoms with van der Waals surface area (Å²) < 4.78 is 58.8. The summed E-state index contributed by atoms with van der Waals surface area (Å²) >= 11 is 0. The molecule has 10 heteroatoms. The minimum absolute atomic E-state index is 0.0586. The number of amides is 1. The third-order valence-corrected chi connectivity index (χ3v) is 3.77. The summed E-state index contributed by atoms with van der Waals surface area (Å²) in [5.74, 6) is -1.22. The molecule has 0 aliphatic carbocycles. The van der Waals surface area contributed by atoms with Gasteiger partial charge in [-0.15, -0.1) is 0 Å². The number of nitrogens with zero attached hydrogens (tertiary/aromatic N) is 1. The van der Waals surface area contributed by atoms with Crippen LogP contribution in [-0.4, -0.2) is 58.0 Å². The van der Waals surface area contributed by atoms with Crippen LogP contribution in [0.2, 0.25) is 0 Å². The molecule has 0 aromatic carbocycles. The molecule has 0 aliphatic rings. The number of hydrogen-bond acceptors (Lipinski definition) is 5. The molecule has 1 atom stereocenters. The van der Waals surface area contributed by atoms with Crippen molar-refractivity contribution in [3.63, 3.8) is 0 Å². The molecule has 0 bridgehead atoms. The lowest BCUT2D eigenvalue weighted by molar-refractivity contribution is -0.119. The van der Waals surface area contributed by atoms with E-state index in [1.54, 1.807) is 0 Å². The van der Waals surface area contributed by atoms with Gasteiger partial charge in [-0.3, -0.25) is 4.79 Å². The van der Waals surface area contributed by atoms with E-state index >= 15 is 0 Å². The van der Waals surface area contributed by atoms with Crippen molar-refractivity contribution >= 4 is 15.9 Å². The number of carbonyl (C=O) groups excluding carboxylic acids is 1. The number of halogens is 3. The van der Waals surface area contributed by atoms with Crippen LogP contribution in [0.5, 0.6) is 0 Å². The van der Waals surface area contributed by atoms with Crippen LogP contribution in [0.15, 0.2) is 0 Å². The van der Waals surface area contributed by atoms with Gasteiger partial charge in [-0.1, -0.05) is 13.3 Å². The highest BCUT2D eigenvalue weighted by Crippen LogP contribution is 2.21. The first kappa shape index (κ1) is 20.1. The second-order valence-corrected chi connectivity index (χ2v) is 6.61. The fourth-order valence-corrected chi connectivity index (χ4v) is 2.08. The average Bonchev–Trinajstić information content (AvgIpc) is 2.30. The highest BCUT2D eigenvalue weighted by Gasteiger charge is 2.46. The fraction of sp³-hybridized carbons (Fsp3) is 0.909. The maximum absolute atomic E-state index is 12.1. The van der Waals surface area contributed by atoms with Crippen molar-refractivity contribution in [3.8, 4) is 0 Å². The first-order valence-electron chi connectivity index (χ1n) is 6.49. The predicted molar refractivity (Wildman–Crippen MR) is 73.0 cm³/mol. The Balaban J connectivity index is 4.37. The van der Waals surface area contributed by atoms with Crippen LogP contribution in [0.25, 0.3) is 0 Å². The number of nitrogens with one attached hydrogen (secondary N) is 2. The average molecular weight is 333 g/mol. The largest absolute Gasteiger partial charge is 0.516 e. The van der Waals surface area contributed by atoms with Gasteiger partial charge in [0.25, 0.3) is 0 Å². The molecule has 0 radical (unpaired) electrons. The van der Waals surface area contributed by atoms with Crippen LogP contribution in [0.3, 0.4) is 0 Å². The summed E-state index contributed by atoms with van der Waals surface area (Å²) in [4.78, 5) is 13.2. The summed E-state index contributed by atoms with van der Waals surface area (Å²) in [5, 5.41) is 2.78. The van der Waals surface area contributed by atoms with Gasteiger partial charge in [0.05, 0.1) is 6.54 Å². The van der Waals surface area contributed by atoms with Gasteiger partial charge in [-0.2, -0.15) is 21.6 Å². The fourth-order valence-electron chi connectivity index (χ4n) is 1.59. The van der Waals surface area contributed by atoms with Gasteiger partial charge in [-0.05, 0) is 33.5 Å². The summed E-state index contributed by atoms with van der Waals surface area (Å²) in [6, 6.07) is -0.0586. The monoisotopic (exact) mass is 333 g/mol. The van der Waals surface area contributed by atoms with Crippen molar-refractivity contribution < 1.29 is 26.4 Å². The molecule has 0 heterocycles. The van der Waals surface area contributed by atoms with E-state index in [0.29, 0.717) is 6.42 Å². The maximum atomic E-state index is 12.1. The third kappa shape index (κ3) is 8.22.